The van der Waals surface area contributed by atoms with Gasteiger partial charge in [0.2, 0.25) is 0 Å². The molecule has 0 amide bonds. The molecule has 0 N–H and O–H groups in total. The average Bonchev–Trinajstić information content (AvgIpc) is 2.45. The van der Waals surface area contributed by atoms with Gasteiger partial charge in [-0.3, -0.25) is 0 Å². The van der Waals surface area contributed by atoms with Gasteiger partial charge in [-0.25, -0.2) is 0 Å². The Morgan fingerprint density at radius 1 is 0.400 bits per heavy atom. The van der Waals surface area contributed by atoms with E-state index in [2.05, 4.69) is 55.4 Å². The zero-order valence-corrected chi connectivity index (χ0v) is 20.3. The van der Waals surface area contributed by atoms with Crippen LogP contribution in [0.25, 0.3) is 0 Å². The Hall–Kier alpha value is 0.430. The normalized spacial score (nSPS) is 13.6. The molecule has 0 aromatic rings. The first kappa shape index (κ1) is 25.4. The van der Waals surface area contributed by atoms with Crippen molar-refractivity contribution in [1.82, 2.24) is 0 Å². The van der Waals surface area contributed by atoms with Crippen LogP contribution in [0.5, 0.6) is 0 Å². The van der Waals surface area contributed by atoms with Crippen LogP contribution in [0.3, 0.4) is 0 Å². The summed E-state index contributed by atoms with van der Waals surface area (Å²) in [7, 11) is -1.06. The van der Waals surface area contributed by atoms with Gasteiger partial charge in [-0.2, -0.15) is 0 Å². The van der Waals surface area contributed by atoms with E-state index in [9.17, 15) is 0 Å². The molecule has 0 rings (SSSR count). The molecule has 0 saturated carbocycles. The van der Waals surface area contributed by atoms with E-state index in [0.29, 0.717) is 0 Å². The van der Waals surface area contributed by atoms with Crippen molar-refractivity contribution in [2.75, 3.05) is 24.6 Å². The SMILES string of the molecule is CC(C)CCC[PH](CCCC(C)C)(CCCC(C)C)CCCC(C)C. The molecular formula is C24H53P. The predicted octanol–water partition coefficient (Wildman–Crippen LogP) is 8.48. The van der Waals surface area contributed by atoms with Crippen LogP contribution in [-0.2, 0) is 0 Å². The zero-order chi connectivity index (χ0) is 19.3. The average molecular weight is 373 g/mol. The molecule has 0 spiro atoms. The molecule has 0 fully saturated rings. The fourth-order valence-corrected chi connectivity index (χ4v) is 9.61. The maximum atomic E-state index is 2.40. The third kappa shape index (κ3) is 15.2. The Morgan fingerprint density at radius 3 is 0.760 bits per heavy atom. The van der Waals surface area contributed by atoms with Crippen LogP contribution in [0, 0.1) is 23.7 Å². The minimum atomic E-state index is -1.06. The quantitative estimate of drug-likeness (QED) is 0.238. The van der Waals surface area contributed by atoms with Gasteiger partial charge in [0.25, 0.3) is 0 Å². The predicted molar refractivity (Wildman–Crippen MR) is 124 cm³/mol. The van der Waals surface area contributed by atoms with Gasteiger partial charge < -0.3 is 0 Å². The van der Waals surface area contributed by atoms with E-state index in [1.54, 1.807) is 24.6 Å². The van der Waals surface area contributed by atoms with Gasteiger partial charge in [-0.15, -0.1) is 0 Å². The van der Waals surface area contributed by atoms with Gasteiger partial charge in [0.1, 0.15) is 0 Å². The van der Waals surface area contributed by atoms with Gasteiger partial charge in [0.15, 0.2) is 0 Å². The molecule has 0 aromatic heterocycles. The molecule has 0 saturated heterocycles. The Kier molecular flexibility index (Phi) is 14.7. The standard InChI is InChI=1S/C24H53P/c1-21(2)13-9-17-25(18-10-14-22(3)4,19-11-15-23(5)6)20-12-16-24(7)8/h21-25H,9-20H2,1-8H3. The number of rotatable bonds is 16. The van der Waals surface area contributed by atoms with Crippen LogP contribution >= 0.6 is 7.26 Å². The van der Waals surface area contributed by atoms with Crippen molar-refractivity contribution in [2.24, 2.45) is 23.7 Å². The first-order valence-electron chi connectivity index (χ1n) is 11.7. The molecule has 0 bridgehead atoms. The molecule has 0 aliphatic carbocycles. The summed E-state index contributed by atoms with van der Waals surface area (Å²) in [6.45, 7) is 19.2. The fraction of sp³-hybridized carbons (Fsp3) is 1.00. The van der Waals surface area contributed by atoms with Crippen molar-refractivity contribution >= 4 is 7.26 Å². The maximum absolute atomic E-state index is 2.40. The molecule has 25 heavy (non-hydrogen) atoms. The van der Waals surface area contributed by atoms with E-state index in [4.69, 9.17) is 0 Å². The van der Waals surface area contributed by atoms with Crippen LogP contribution in [0.15, 0.2) is 0 Å². The summed E-state index contributed by atoms with van der Waals surface area (Å²) in [4.78, 5) is 0. The summed E-state index contributed by atoms with van der Waals surface area (Å²) in [5.74, 6) is 3.53. The van der Waals surface area contributed by atoms with Crippen molar-refractivity contribution in [3.8, 4) is 0 Å². The van der Waals surface area contributed by atoms with Gasteiger partial charge in [-0.1, -0.05) is 0 Å². The van der Waals surface area contributed by atoms with Gasteiger partial charge in [-0.05, 0) is 0 Å². The van der Waals surface area contributed by atoms with Gasteiger partial charge >= 0.3 is 162 Å². The van der Waals surface area contributed by atoms with Crippen LogP contribution in [0.2, 0.25) is 0 Å². The number of hydrogen-bond acceptors (Lipinski definition) is 0. The van der Waals surface area contributed by atoms with Crippen LogP contribution in [-0.4, -0.2) is 24.6 Å². The number of hydrogen-bond donors (Lipinski definition) is 0. The first-order chi connectivity index (χ1) is 11.7. The molecule has 0 unspecified atom stereocenters. The Bertz CT molecular complexity index is 229. The van der Waals surface area contributed by atoms with E-state index >= 15 is 0 Å². The minimum absolute atomic E-state index is 0.883. The van der Waals surface area contributed by atoms with Crippen molar-refractivity contribution in [3.05, 3.63) is 0 Å². The van der Waals surface area contributed by atoms with Crippen molar-refractivity contribution in [2.45, 2.75) is 107 Å². The third-order valence-corrected chi connectivity index (χ3v) is 11.6. The molecule has 1 heteroatoms. The van der Waals surface area contributed by atoms with Crippen molar-refractivity contribution in [1.29, 1.82) is 0 Å². The molecule has 0 heterocycles. The van der Waals surface area contributed by atoms with Gasteiger partial charge in [0.05, 0.1) is 0 Å². The van der Waals surface area contributed by atoms with E-state index in [1.807, 2.05) is 0 Å². The molecule has 0 nitrogen and oxygen atoms in total. The summed E-state index contributed by atoms with van der Waals surface area (Å²) < 4.78 is 0. The monoisotopic (exact) mass is 372 g/mol. The van der Waals surface area contributed by atoms with Crippen LogP contribution in [0.4, 0.5) is 0 Å². The molecule has 154 valence electrons. The van der Waals surface area contributed by atoms with E-state index in [1.165, 1.54) is 51.4 Å². The molecule has 0 atom stereocenters. The molecule has 0 aromatic carbocycles. The molecule has 0 radical (unpaired) electrons. The summed E-state index contributed by atoms with van der Waals surface area (Å²) in [5, 5.41) is 0. The summed E-state index contributed by atoms with van der Waals surface area (Å²) in [6.07, 6.45) is 18.3. The second-order valence-corrected chi connectivity index (χ2v) is 15.6. The molecule has 0 aliphatic rings. The van der Waals surface area contributed by atoms with E-state index in [-0.39, 0.29) is 0 Å². The van der Waals surface area contributed by atoms with Crippen molar-refractivity contribution in [3.63, 3.8) is 0 Å². The summed E-state index contributed by atoms with van der Waals surface area (Å²) in [5.41, 5.74) is 0. The Balaban J connectivity index is 4.85. The summed E-state index contributed by atoms with van der Waals surface area (Å²) in [6, 6.07) is 0. The van der Waals surface area contributed by atoms with E-state index < -0.39 is 7.26 Å². The fourth-order valence-electron chi connectivity index (χ4n) is 4.29. The second-order valence-electron chi connectivity index (χ2n) is 10.6. The van der Waals surface area contributed by atoms with Crippen LogP contribution < -0.4 is 0 Å². The van der Waals surface area contributed by atoms with Crippen LogP contribution in [0.1, 0.15) is 107 Å². The molecule has 0 aliphatic heterocycles. The summed E-state index contributed by atoms with van der Waals surface area (Å²) >= 11 is 0. The van der Waals surface area contributed by atoms with Gasteiger partial charge in [0, 0.05) is 0 Å². The first-order valence-corrected chi connectivity index (χ1v) is 14.5. The van der Waals surface area contributed by atoms with E-state index in [0.717, 1.165) is 23.7 Å². The Labute approximate surface area is 162 Å². The van der Waals surface area contributed by atoms with Crippen molar-refractivity contribution < 1.29 is 0 Å². The second kappa shape index (κ2) is 14.5. The third-order valence-electron chi connectivity index (χ3n) is 5.95. The topological polar surface area (TPSA) is 0 Å². The zero-order valence-electron chi connectivity index (χ0n) is 19.3. The Morgan fingerprint density at radius 2 is 0.600 bits per heavy atom. The molecular weight excluding hydrogens is 319 g/mol.